The third kappa shape index (κ3) is 6.22. The van der Waals surface area contributed by atoms with Crippen LogP contribution in [0.1, 0.15) is 27.7 Å². The largest absolute Gasteiger partial charge is 0.327 e. The second-order valence-electron chi connectivity index (χ2n) is 4.40. The number of rotatable bonds is 6. The third-order valence-corrected chi connectivity index (χ3v) is 9.25. The number of nitrogens with zero attached hydrogens (tertiary/aromatic N) is 1. The van der Waals surface area contributed by atoms with Crippen molar-refractivity contribution >= 4 is 46.5 Å². The van der Waals surface area contributed by atoms with Gasteiger partial charge in [0.1, 0.15) is 0 Å². The molecule has 15 heavy (non-hydrogen) atoms. The predicted molar refractivity (Wildman–Crippen MR) is 79.2 cm³/mol. The Kier molecular flexibility index (Phi) is 6.92. The van der Waals surface area contributed by atoms with Gasteiger partial charge in [0, 0.05) is 12.8 Å². The maximum atomic E-state index is 5.69. The Morgan fingerprint density at radius 1 is 1.47 bits per heavy atom. The van der Waals surface area contributed by atoms with Gasteiger partial charge >= 0.3 is 0 Å². The molecule has 0 fully saturated rings. The maximum Gasteiger partial charge on any atom is 0.213 e. The Balaban J connectivity index is 4.52. The van der Waals surface area contributed by atoms with E-state index in [1.807, 2.05) is 18.6 Å². The molecule has 0 radical (unpaired) electrons. The van der Waals surface area contributed by atoms with Crippen molar-refractivity contribution in [2.45, 2.75) is 27.7 Å². The number of hydrogen-bond acceptors (Lipinski definition) is 4. The van der Waals surface area contributed by atoms with Crippen LogP contribution in [0.25, 0.3) is 0 Å². The van der Waals surface area contributed by atoms with Crippen LogP contribution in [0.5, 0.6) is 0 Å². The zero-order chi connectivity index (χ0) is 12.1. The van der Waals surface area contributed by atoms with E-state index in [2.05, 4.69) is 20.8 Å². The fourth-order valence-electron chi connectivity index (χ4n) is 0.716. The van der Waals surface area contributed by atoms with Gasteiger partial charge in [-0.05, 0) is 24.1 Å². The monoisotopic (exact) mass is 285 g/mol. The molecule has 0 saturated carbocycles. The summed E-state index contributed by atoms with van der Waals surface area (Å²) in [6.07, 6.45) is 0. The molecule has 1 atom stereocenters. The zero-order valence-electron chi connectivity index (χ0n) is 10.0. The molecule has 0 aliphatic heterocycles. The first-order valence-electron chi connectivity index (χ1n) is 4.83. The van der Waals surface area contributed by atoms with Crippen LogP contribution in [0.4, 0.5) is 0 Å². The summed E-state index contributed by atoms with van der Waals surface area (Å²) in [6, 6.07) is 0. The molecule has 2 nitrogen and oxygen atoms in total. The van der Waals surface area contributed by atoms with Gasteiger partial charge < -0.3 is 9.19 Å². The zero-order valence-corrected chi connectivity index (χ0v) is 13.4. The average Bonchev–Trinajstić information content (AvgIpc) is 2.13. The highest BCUT2D eigenvalue weighted by Gasteiger charge is 2.25. The van der Waals surface area contributed by atoms with Crippen LogP contribution >= 0.6 is 29.2 Å². The Morgan fingerprint density at radius 3 is 2.33 bits per heavy atom. The summed E-state index contributed by atoms with van der Waals surface area (Å²) in [5.74, 6) is 0.984. The summed E-state index contributed by atoms with van der Waals surface area (Å²) in [5.41, 5.74) is -0.136. The summed E-state index contributed by atoms with van der Waals surface area (Å²) in [5, 5.41) is 0. The lowest BCUT2D eigenvalue weighted by molar-refractivity contribution is 0.368. The summed E-state index contributed by atoms with van der Waals surface area (Å²) in [7, 11) is 1.90. The fourth-order valence-corrected chi connectivity index (χ4v) is 6.71. The molecule has 0 spiro atoms. The van der Waals surface area contributed by atoms with Gasteiger partial charge in [-0.3, -0.25) is 0 Å². The average molecular weight is 285 g/mol. The van der Waals surface area contributed by atoms with E-state index in [9.17, 15) is 0 Å². The van der Waals surface area contributed by atoms with Gasteiger partial charge in [-0.15, -0.1) is 0 Å². The van der Waals surface area contributed by atoms with Gasteiger partial charge in [0.25, 0.3) is 0 Å². The predicted octanol–water partition coefficient (Wildman–Crippen LogP) is 3.92. The maximum absolute atomic E-state index is 5.69. The molecule has 0 aliphatic rings. The van der Waals surface area contributed by atoms with Crippen LogP contribution in [0, 0.1) is 5.41 Å². The second-order valence-corrected chi connectivity index (χ2v) is 11.4. The highest BCUT2D eigenvalue weighted by atomic mass is 32.9. The Bertz CT molecular complexity index is 252. The summed E-state index contributed by atoms with van der Waals surface area (Å²) < 4.78 is 7.57. The molecule has 0 aromatic rings. The Hall–Kier alpha value is 0.850. The molecular formula is C9H20NOPS3. The van der Waals surface area contributed by atoms with Crippen LogP contribution in [0.3, 0.4) is 0 Å². The van der Waals surface area contributed by atoms with Crippen LogP contribution in [-0.4, -0.2) is 29.6 Å². The van der Waals surface area contributed by atoms with E-state index in [1.54, 1.807) is 16.9 Å². The topological polar surface area (TPSA) is 12.5 Å². The van der Waals surface area contributed by atoms with Crippen molar-refractivity contribution in [2.75, 3.05) is 19.4 Å². The minimum Gasteiger partial charge on any atom is -0.327 e. The van der Waals surface area contributed by atoms with E-state index in [4.69, 9.17) is 28.5 Å². The Morgan fingerprint density at radius 2 is 2.00 bits per heavy atom. The van der Waals surface area contributed by atoms with Gasteiger partial charge in [0.15, 0.2) is 0 Å². The van der Waals surface area contributed by atoms with Crippen LogP contribution < -0.4 is 0 Å². The summed E-state index contributed by atoms with van der Waals surface area (Å²) in [6.45, 7) is 9.20. The van der Waals surface area contributed by atoms with Crippen molar-refractivity contribution < 1.29 is 4.52 Å². The minimum absolute atomic E-state index is 0.258. The van der Waals surface area contributed by atoms with Crippen LogP contribution in [0.15, 0.2) is 0 Å². The standard InChI is InChI=1S/C9H20NOPS3/c1-6-11-12(14,10(5)8-13)15-7-9(2,3)4/h8H,6-7H2,1-5H3. The van der Waals surface area contributed by atoms with Crippen LogP contribution in [0.2, 0.25) is 0 Å². The second kappa shape index (κ2) is 6.55. The lowest BCUT2D eigenvalue weighted by Gasteiger charge is -2.30. The van der Waals surface area contributed by atoms with Gasteiger partial charge in [0.2, 0.25) is 5.62 Å². The first kappa shape index (κ1) is 15.9. The Labute approximate surface area is 108 Å². The molecule has 0 aliphatic carbocycles. The molecule has 1 unspecified atom stereocenters. The van der Waals surface area contributed by atoms with E-state index >= 15 is 0 Å². The molecule has 0 bridgehead atoms. The van der Waals surface area contributed by atoms with Gasteiger partial charge in [0.05, 0.1) is 12.1 Å². The van der Waals surface area contributed by atoms with Crippen molar-refractivity contribution in [1.29, 1.82) is 0 Å². The molecule has 0 heterocycles. The highest BCUT2D eigenvalue weighted by molar-refractivity contribution is 8.68. The molecule has 0 N–H and O–H groups in total. The van der Waals surface area contributed by atoms with E-state index in [0.29, 0.717) is 6.61 Å². The van der Waals surface area contributed by atoms with Crippen LogP contribution in [-0.2, 0) is 16.3 Å². The van der Waals surface area contributed by atoms with Gasteiger partial charge in [-0.2, -0.15) is 0 Å². The lowest BCUT2D eigenvalue weighted by Crippen LogP contribution is -2.15. The normalized spacial score (nSPS) is 15.8. The fraction of sp³-hybridized carbons (Fsp3) is 0.889. The quantitative estimate of drug-likeness (QED) is 0.540. The molecule has 0 rings (SSSR count). The SMILES string of the molecule is CCOP(=S)(SCC(C)(C)C)N(C)C=S. The first-order valence-corrected chi connectivity index (χ1v) is 9.56. The van der Waals surface area contributed by atoms with E-state index in [1.165, 1.54) is 0 Å². The van der Waals surface area contributed by atoms with Gasteiger partial charge in [-0.25, -0.2) is 0 Å². The molecule has 6 heteroatoms. The number of thiocarbonyl (C=S) groups is 1. The highest BCUT2D eigenvalue weighted by Crippen LogP contribution is 2.62. The van der Waals surface area contributed by atoms with E-state index in [-0.39, 0.29) is 5.41 Å². The minimum atomic E-state index is -1.98. The van der Waals surface area contributed by atoms with Gasteiger partial charge in [-0.1, -0.05) is 44.4 Å². The molecular weight excluding hydrogens is 265 g/mol. The molecule has 0 amide bonds. The lowest BCUT2D eigenvalue weighted by atomic mass is 10.0. The molecule has 90 valence electrons. The third-order valence-electron chi connectivity index (χ3n) is 1.49. The smallest absolute Gasteiger partial charge is 0.213 e. The molecule has 0 aromatic carbocycles. The molecule has 0 aromatic heterocycles. The van der Waals surface area contributed by atoms with E-state index < -0.39 is 5.62 Å². The molecule has 0 saturated heterocycles. The first-order chi connectivity index (χ1) is 6.75. The van der Waals surface area contributed by atoms with E-state index in [0.717, 1.165) is 5.75 Å². The van der Waals surface area contributed by atoms with Crippen molar-refractivity contribution in [3.05, 3.63) is 0 Å². The van der Waals surface area contributed by atoms with Crippen molar-refractivity contribution in [3.63, 3.8) is 0 Å². The van der Waals surface area contributed by atoms with Crippen molar-refractivity contribution in [3.8, 4) is 0 Å². The van der Waals surface area contributed by atoms with Crippen molar-refractivity contribution in [1.82, 2.24) is 4.67 Å². The summed E-state index contributed by atoms with van der Waals surface area (Å²) >= 11 is 12.2. The number of hydrogen-bond donors (Lipinski definition) is 0. The summed E-state index contributed by atoms with van der Waals surface area (Å²) in [4.78, 5) is 0. The van der Waals surface area contributed by atoms with Crippen molar-refractivity contribution in [2.24, 2.45) is 5.41 Å².